The maximum atomic E-state index is 13.0. The number of carbonyl (C=O) groups excluding carboxylic acids is 2. The number of hydrogen-bond acceptors (Lipinski definition) is 6. The van der Waals surface area contributed by atoms with Crippen LogP contribution in [0, 0.1) is 5.82 Å². The number of hydrogen-bond donors (Lipinski definition) is 2. The Labute approximate surface area is 153 Å². The predicted octanol–water partition coefficient (Wildman–Crippen LogP) is 2.33. The summed E-state index contributed by atoms with van der Waals surface area (Å²) in [6.07, 6.45) is -0.680. The zero-order valence-electron chi connectivity index (χ0n) is 14.7. The number of benzene rings is 1. The van der Waals surface area contributed by atoms with Crippen LogP contribution >= 0.6 is 0 Å². The highest BCUT2D eigenvalue weighted by atomic mass is 19.3. The van der Waals surface area contributed by atoms with Gasteiger partial charge in [-0.15, -0.1) is 0 Å². The van der Waals surface area contributed by atoms with Gasteiger partial charge in [0.1, 0.15) is 5.82 Å². The summed E-state index contributed by atoms with van der Waals surface area (Å²) in [6.45, 7) is 2.27. The lowest BCUT2D eigenvalue weighted by Crippen LogP contribution is -2.49. The van der Waals surface area contributed by atoms with Crippen molar-refractivity contribution in [2.75, 3.05) is 0 Å². The number of rotatable bonds is 8. The number of ketones is 1. The molecule has 0 spiro atoms. The summed E-state index contributed by atoms with van der Waals surface area (Å²) in [6, 6.07) is 2.68. The molecule has 1 heterocycles. The summed E-state index contributed by atoms with van der Waals surface area (Å²) >= 11 is 0. The number of carbonyl (C=O) groups is 2. The molecule has 3 N–H and O–H groups in total. The maximum absolute atomic E-state index is 13.0. The fourth-order valence-electron chi connectivity index (χ4n) is 2.30. The van der Waals surface area contributed by atoms with Crippen molar-refractivity contribution in [1.29, 1.82) is 0 Å². The molecule has 2 atom stereocenters. The quantitative estimate of drug-likeness (QED) is 0.676. The van der Waals surface area contributed by atoms with Crippen molar-refractivity contribution in [2.24, 2.45) is 5.73 Å². The van der Waals surface area contributed by atoms with E-state index in [0.29, 0.717) is 12.5 Å². The van der Waals surface area contributed by atoms with Gasteiger partial charge >= 0.3 is 0 Å². The van der Waals surface area contributed by atoms with Crippen LogP contribution in [-0.2, 0) is 4.79 Å². The molecule has 7 nitrogen and oxygen atoms in total. The first kappa shape index (κ1) is 20.6. The first-order valence-electron chi connectivity index (χ1n) is 8.18. The van der Waals surface area contributed by atoms with Crippen LogP contribution in [0.1, 0.15) is 37.3 Å². The SMILES string of the molecule is CC[C@@H](NC(=O)[C@@H](N)CC(C)(F)F)C(=O)c1noc(-c2ccc(F)cc2)n1. The molecule has 0 aliphatic heterocycles. The third-order valence-corrected chi connectivity index (χ3v) is 3.69. The summed E-state index contributed by atoms with van der Waals surface area (Å²) in [7, 11) is 0. The van der Waals surface area contributed by atoms with Gasteiger partial charge in [0, 0.05) is 12.0 Å². The van der Waals surface area contributed by atoms with E-state index in [4.69, 9.17) is 10.3 Å². The largest absolute Gasteiger partial charge is 0.344 e. The average molecular weight is 384 g/mol. The molecule has 0 bridgehead atoms. The summed E-state index contributed by atoms with van der Waals surface area (Å²) in [5, 5.41) is 5.89. The van der Waals surface area contributed by atoms with Crippen molar-refractivity contribution < 1.29 is 27.3 Å². The van der Waals surface area contributed by atoms with Gasteiger partial charge in [-0.3, -0.25) is 9.59 Å². The molecule has 1 amide bonds. The van der Waals surface area contributed by atoms with Gasteiger partial charge in [0.2, 0.25) is 23.4 Å². The van der Waals surface area contributed by atoms with E-state index < -0.39 is 41.9 Å². The third kappa shape index (κ3) is 5.61. The third-order valence-electron chi connectivity index (χ3n) is 3.69. The van der Waals surface area contributed by atoms with Gasteiger partial charge in [-0.1, -0.05) is 12.1 Å². The van der Waals surface area contributed by atoms with Gasteiger partial charge in [0.15, 0.2) is 0 Å². The van der Waals surface area contributed by atoms with Crippen LogP contribution in [0.4, 0.5) is 13.2 Å². The molecule has 2 rings (SSSR count). The smallest absolute Gasteiger partial charge is 0.258 e. The molecule has 27 heavy (non-hydrogen) atoms. The van der Waals surface area contributed by atoms with Gasteiger partial charge in [0.25, 0.3) is 5.89 Å². The Morgan fingerprint density at radius 3 is 2.48 bits per heavy atom. The van der Waals surface area contributed by atoms with E-state index in [-0.39, 0.29) is 18.1 Å². The van der Waals surface area contributed by atoms with Gasteiger partial charge in [0.05, 0.1) is 12.1 Å². The van der Waals surface area contributed by atoms with Crippen molar-refractivity contribution >= 4 is 11.7 Å². The number of amides is 1. The Bertz CT molecular complexity index is 803. The lowest BCUT2D eigenvalue weighted by molar-refractivity contribution is -0.125. The van der Waals surface area contributed by atoms with Crippen molar-refractivity contribution in [2.45, 2.75) is 44.7 Å². The molecule has 0 saturated heterocycles. The molecular formula is C17H19F3N4O3. The van der Waals surface area contributed by atoms with Crippen LogP contribution < -0.4 is 11.1 Å². The molecular weight excluding hydrogens is 365 g/mol. The number of Topliss-reactive ketones (excluding diaryl/α,β-unsaturated/α-hetero) is 1. The van der Waals surface area contributed by atoms with Crippen molar-refractivity contribution in [3.8, 4) is 11.5 Å². The number of halogens is 3. The summed E-state index contributed by atoms with van der Waals surface area (Å²) in [5.41, 5.74) is 5.86. The van der Waals surface area contributed by atoms with Gasteiger partial charge in [-0.2, -0.15) is 4.98 Å². The summed E-state index contributed by atoms with van der Waals surface area (Å²) in [4.78, 5) is 28.4. The maximum Gasteiger partial charge on any atom is 0.258 e. The number of alkyl halides is 2. The number of aromatic nitrogens is 2. The lowest BCUT2D eigenvalue weighted by Gasteiger charge is -2.19. The second-order valence-corrected chi connectivity index (χ2v) is 6.14. The van der Waals surface area contributed by atoms with E-state index >= 15 is 0 Å². The molecule has 0 aliphatic rings. The van der Waals surface area contributed by atoms with Crippen LogP contribution in [0.2, 0.25) is 0 Å². The summed E-state index contributed by atoms with van der Waals surface area (Å²) < 4.78 is 43.9. The molecule has 1 aromatic carbocycles. The van der Waals surface area contributed by atoms with Crippen LogP contribution in [0.5, 0.6) is 0 Å². The fraction of sp³-hybridized carbons (Fsp3) is 0.412. The van der Waals surface area contributed by atoms with E-state index in [1.165, 1.54) is 24.3 Å². The van der Waals surface area contributed by atoms with E-state index in [2.05, 4.69) is 15.5 Å². The Balaban J connectivity index is 2.08. The molecule has 0 fully saturated rings. The minimum Gasteiger partial charge on any atom is -0.344 e. The van der Waals surface area contributed by atoms with Crippen molar-refractivity contribution in [3.05, 3.63) is 35.9 Å². The number of nitrogens with one attached hydrogen (secondary N) is 1. The molecule has 10 heteroatoms. The van der Waals surface area contributed by atoms with E-state index in [9.17, 15) is 22.8 Å². The first-order chi connectivity index (χ1) is 12.6. The second-order valence-electron chi connectivity index (χ2n) is 6.14. The molecule has 0 aliphatic carbocycles. The molecule has 0 unspecified atom stereocenters. The highest BCUT2D eigenvalue weighted by Crippen LogP contribution is 2.19. The Hall–Kier alpha value is -2.75. The molecule has 2 aromatic rings. The monoisotopic (exact) mass is 384 g/mol. The molecule has 0 radical (unpaired) electrons. The first-order valence-corrected chi connectivity index (χ1v) is 8.18. The number of nitrogens with zero attached hydrogens (tertiary/aromatic N) is 2. The normalized spacial score (nSPS) is 13.9. The zero-order valence-corrected chi connectivity index (χ0v) is 14.7. The standard InChI is InChI=1S/C17H19F3N4O3/c1-3-12(22-15(26)11(21)8-17(2,19)20)13(25)14-23-16(27-24-14)9-4-6-10(18)7-5-9/h4-7,11-12H,3,8,21H2,1-2H3,(H,22,26)/t11-,12+/m0/s1. The molecule has 146 valence electrons. The minimum atomic E-state index is -3.11. The van der Waals surface area contributed by atoms with Crippen LogP contribution in [0.25, 0.3) is 11.5 Å². The minimum absolute atomic E-state index is 0.00172. The summed E-state index contributed by atoms with van der Waals surface area (Å²) in [5.74, 6) is -5.38. The van der Waals surface area contributed by atoms with E-state index in [1.54, 1.807) is 6.92 Å². The van der Waals surface area contributed by atoms with Gasteiger partial charge < -0.3 is 15.6 Å². The van der Waals surface area contributed by atoms with Crippen LogP contribution in [-0.4, -0.2) is 39.8 Å². The second kappa shape index (κ2) is 8.30. The van der Waals surface area contributed by atoms with Crippen LogP contribution in [0.3, 0.4) is 0 Å². The lowest BCUT2D eigenvalue weighted by atomic mass is 10.1. The van der Waals surface area contributed by atoms with Crippen molar-refractivity contribution in [1.82, 2.24) is 15.5 Å². The molecule has 1 aromatic heterocycles. The van der Waals surface area contributed by atoms with Gasteiger partial charge in [-0.05, 0) is 37.6 Å². The highest BCUT2D eigenvalue weighted by molar-refractivity contribution is 5.99. The Kier molecular flexibility index (Phi) is 6.32. The fourth-order valence-corrected chi connectivity index (χ4v) is 2.30. The Morgan fingerprint density at radius 2 is 1.93 bits per heavy atom. The van der Waals surface area contributed by atoms with E-state index in [1.807, 2.05) is 0 Å². The zero-order chi connectivity index (χ0) is 20.2. The number of nitrogens with two attached hydrogens (primary N) is 1. The van der Waals surface area contributed by atoms with Crippen molar-refractivity contribution in [3.63, 3.8) is 0 Å². The van der Waals surface area contributed by atoms with E-state index in [0.717, 1.165) is 0 Å². The van der Waals surface area contributed by atoms with Gasteiger partial charge in [-0.25, -0.2) is 13.2 Å². The topological polar surface area (TPSA) is 111 Å². The van der Waals surface area contributed by atoms with Crippen LogP contribution in [0.15, 0.2) is 28.8 Å². The molecule has 0 saturated carbocycles. The predicted molar refractivity (Wildman–Crippen MR) is 89.5 cm³/mol. The average Bonchev–Trinajstić information content (AvgIpc) is 3.08. The highest BCUT2D eigenvalue weighted by Gasteiger charge is 2.31. The Morgan fingerprint density at radius 1 is 1.30 bits per heavy atom.